The van der Waals surface area contributed by atoms with Gasteiger partial charge in [-0.1, -0.05) is 23.7 Å². The highest BCUT2D eigenvalue weighted by Crippen LogP contribution is 2.16. The zero-order chi connectivity index (χ0) is 15.4. The number of rotatable bonds is 4. The number of nitrogen functional groups attached to an aromatic ring is 1. The quantitative estimate of drug-likeness (QED) is 0.869. The van der Waals surface area contributed by atoms with Crippen LogP contribution in [0.2, 0.25) is 5.02 Å². The summed E-state index contributed by atoms with van der Waals surface area (Å²) in [6, 6.07) is 14.7. The van der Waals surface area contributed by atoms with Crippen molar-refractivity contribution in [3.05, 3.63) is 64.7 Å². The molecule has 2 aromatic rings. The van der Waals surface area contributed by atoms with Crippen molar-refractivity contribution in [2.45, 2.75) is 26.4 Å². The fraction of sp³-hybridized carbons (Fsp3) is 0.235. The summed E-state index contributed by atoms with van der Waals surface area (Å²) in [6.45, 7) is 4.57. The Morgan fingerprint density at radius 3 is 2.19 bits per heavy atom. The van der Waals surface area contributed by atoms with Crippen molar-refractivity contribution in [3.8, 4) is 0 Å². The summed E-state index contributed by atoms with van der Waals surface area (Å²) in [6.07, 6.45) is 0. The van der Waals surface area contributed by atoms with Crippen LogP contribution in [0.3, 0.4) is 0 Å². The Labute approximate surface area is 130 Å². The lowest BCUT2D eigenvalue weighted by molar-refractivity contribution is 0.0690. The van der Waals surface area contributed by atoms with Gasteiger partial charge in [-0.2, -0.15) is 0 Å². The molecule has 1 amide bonds. The molecule has 0 bridgehead atoms. The van der Waals surface area contributed by atoms with E-state index in [0.29, 0.717) is 17.1 Å². The van der Waals surface area contributed by atoms with Gasteiger partial charge in [-0.05, 0) is 55.8 Å². The predicted molar refractivity (Wildman–Crippen MR) is 87.3 cm³/mol. The van der Waals surface area contributed by atoms with Crippen LogP contribution in [0.4, 0.5) is 5.69 Å². The summed E-state index contributed by atoms with van der Waals surface area (Å²) < 4.78 is 0. The number of benzene rings is 2. The normalized spacial score (nSPS) is 10.7. The van der Waals surface area contributed by atoms with Gasteiger partial charge in [-0.15, -0.1) is 0 Å². The van der Waals surface area contributed by atoms with Gasteiger partial charge in [-0.25, -0.2) is 0 Å². The number of hydrogen-bond donors (Lipinski definition) is 1. The largest absolute Gasteiger partial charge is 0.399 e. The Kier molecular flexibility index (Phi) is 4.86. The molecule has 0 saturated heterocycles. The van der Waals surface area contributed by atoms with Crippen molar-refractivity contribution in [2.75, 3.05) is 5.73 Å². The molecule has 3 nitrogen and oxygen atoms in total. The van der Waals surface area contributed by atoms with E-state index in [1.807, 2.05) is 43.0 Å². The first kappa shape index (κ1) is 15.4. The summed E-state index contributed by atoms with van der Waals surface area (Å²) in [7, 11) is 0. The lowest BCUT2D eigenvalue weighted by Gasteiger charge is -2.27. The molecule has 2 rings (SSSR count). The minimum absolute atomic E-state index is 0.00140. The van der Waals surface area contributed by atoms with E-state index < -0.39 is 0 Å². The van der Waals surface area contributed by atoms with Crippen molar-refractivity contribution in [3.63, 3.8) is 0 Å². The molecule has 0 atom stereocenters. The molecule has 110 valence electrons. The smallest absolute Gasteiger partial charge is 0.254 e. The third kappa shape index (κ3) is 3.99. The molecule has 0 aliphatic carbocycles. The third-order valence-corrected chi connectivity index (χ3v) is 3.56. The highest BCUT2D eigenvalue weighted by Gasteiger charge is 2.18. The molecule has 4 heteroatoms. The van der Waals surface area contributed by atoms with E-state index >= 15 is 0 Å². The van der Waals surface area contributed by atoms with Crippen LogP contribution < -0.4 is 5.73 Å². The molecule has 2 N–H and O–H groups in total. The zero-order valence-electron chi connectivity index (χ0n) is 12.2. The average molecular weight is 303 g/mol. The number of carbonyl (C=O) groups is 1. The number of nitrogens with zero attached hydrogens (tertiary/aromatic N) is 1. The maximum atomic E-state index is 12.6. The number of nitrogens with two attached hydrogens (primary N) is 1. The molecule has 0 saturated carbocycles. The summed E-state index contributed by atoms with van der Waals surface area (Å²) in [5, 5.41) is 0.626. The van der Waals surface area contributed by atoms with Gasteiger partial charge in [0.15, 0.2) is 0 Å². The van der Waals surface area contributed by atoms with Gasteiger partial charge in [0.1, 0.15) is 0 Å². The maximum absolute atomic E-state index is 12.6. The minimum atomic E-state index is -0.00140. The molecule has 21 heavy (non-hydrogen) atoms. The van der Waals surface area contributed by atoms with Crippen LogP contribution >= 0.6 is 11.6 Å². The van der Waals surface area contributed by atoms with Gasteiger partial charge in [0.2, 0.25) is 0 Å². The van der Waals surface area contributed by atoms with Gasteiger partial charge in [0, 0.05) is 28.9 Å². The molecule has 0 spiro atoms. The summed E-state index contributed by atoms with van der Waals surface area (Å²) in [5.41, 5.74) is 8.11. The number of carbonyl (C=O) groups excluding carboxylic acids is 1. The zero-order valence-corrected chi connectivity index (χ0v) is 13.0. The van der Waals surface area contributed by atoms with E-state index in [0.717, 1.165) is 11.3 Å². The molecular weight excluding hydrogens is 284 g/mol. The van der Waals surface area contributed by atoms with Crippen LogP contribution in [0.1, 0.15) is 29.8 Å². The van der Waals surface area contributed by atoms with Crippen LogP contribution in [0.15, 0.2) is 48.5 Å². The SMILES string of the molecule is CC(C)N(Cc1ccc(N)cc1)C(=O)c1ccc(Cl)cc1. The molecule has 0 aromatic heterocycles. The Morgan fingerprint density at radius 1 is 1.10 bits per heavy atom. The van der Waals surface area contributed by atoms with E-state index in [9.17, 15) is 4.79 Å². The van der Waals surface area contributed by atoms with E-state index in [1.165, 1.54) is 0 Å². The molecular formula is C17H19ClN2O. The monoisotopic (exact) mass is 302 g/mol. The van der Waals surface area contributed by atoms with Crippen LogP contribution in [0, 0.1) is 0 Å². The number of anilines is 1. The minimum Gasteiger partial charge on any atom is -0.399 e. The van der Waals surface area contributed by atoms with Crippen molar-refractivity contribution in [2.24, 2.45) is 0 Å². The van der Waals surface area contributed by atoms with E-state index in [4.69, 9.17) is 17.3 Å². The molecule has 2 aromatic carbocycles. The topological polar surface area (TPSA) is 46.3 Å². The van der Waals surface area contributed by atoms with Crippen molar-refractivity contribution in [1.29, 1.82) is 0 Å². The van der Waals surface area contributed by atoms with E-state index in [1.54, 1.807) is 24.3 Å². The summed E-state index contributed by atoms with van der Waals surface area (Å²) in [5.74, 6) is -0.00140. The fourth-order valence-electron chi connectivity index (χ4n) is 2.07. The highest BCUT2D eigenvalue weighted by molar-refractivity contribution is 6.30. The second-order valence-corrected chi connectivity index (χ2v) is 5.71. The maximum Gasteiger partial charge on any atom is 0.254 e. The molecule has 0 heterocycles. The third-order valence-electron chi connectivity index (χ3n) is 3.31. The predicted octanol–water partition coefficient (Wildman–Crippen LogP) is 3.97. The van der Waals surface area contributed by atoms with Gasteiger partial charge in [0.05, 0.1) is 0 Å². The Bertz CT molecular complexity index is 606. The lowest BCUT2D eigenvalue weighted by atomic mass is 10.1. The van der Waals surface area contributed by atoms with Crippen LogP contribution in [-0.2, 0) is 6.54 Å². The molecule has 0 radical (unpaired) electrons. The number of amides is 1. The Hall–Kier alpha value is -2.00. The first-order valence-electron chi connectivity index (χ1n) is 6.88. The van der Waals surface area contributed by atoms with E-state index in [-0.39, 0.29) is 11.9 Å². The molecule has 0 aliphatic rings. The van der Waals surface area contributed by atoms with Crippen molar-refractivity contribution < 1.29 is 4.79 Å². The lowest BCUT2D eigenvalue weighted by Crippen LogP contribution is -2.36. The first-order chi connectivity index (χ1) is 9.97. The van der Waals surface area contributed by atoms with Gasteiger partial charge < -0.3 is 10.6 Å². The van der Waals surface area contributed by atoms with Gasteiger partial charge in [-0.3, -0.25) is 4.79 Å². The first-order valence-corrected chi connectivity index (χ1v) is 7.26. The van der Waals surface area contributed by atoms with E-state index in [2.05, 4.69) is 0 Å². The second-order valence-electron chi connectivity index (χ2n) is 5.28. The molecule has 0 aliphatic heterocycles. The highest BCUT2D eigenvalue weighted by atomic mass is 35.5. The molecule has 0 fully saturated rings. The Morgan fingerprint density at radius 2 is 1.67 bits per heavy atom. The van der Waals surface area contributed by atoms with Gasteiger partial charge in [0.25, 0.3) is 5.91 Å². The van der Waals surface area contributed by atoms with Crippen molar-refractivity contribution in [1.82, 2.24) is 4.90 Å². The Balaban J connectivity index is 2.20. The number of hydrogen-bond acceptors (Lipinski definition) is 2. The van der Waals surface area contributed by atoms with Crippen molar-refractivity contribution >= 4 is 23.2 Å². The van der Waals surface area contributed by atoms with Crippen LogP contribution in [0.5, 0.6) is 0 Å². The average Bonchev–Trinajstić information content (AvgIpc) is 2.46. The number of halogens is 1. The van der Waals surface area contributed by atoms with Crippen LogP contribution in [-0.4, -0.2) is 16.8 Å². The summed E-state index contributed by atoms with van der Waals surface area (Å²) >= 11 is 5.87. The fourth-order valence-corrected chi connectivity index (χ4v) is 2.19. The second kappa shape index (κ2) is 6.64. The van der Waals surface area contributed by atoms with Crippen LogP contribution in [0.25, 0.3) is 0 Å². The summed E-state index contributed by atoms with van der Waals surface area (Å²) in [4.78, 5) is 14.5. The standard InChI is InChI=1S/C17H19ClN2O/c1-12(2)20(11-13-3-9-16(19)10-4-13)17(21)14-5-7-15(18)8-6-14/h3-10,12H,11,19H2,1-2H3. The van der Waals surface area contributed by atoms with Gasteiger partial charge >= 0.3 is 0 Å². The molecule has 0 unspecified atom stereocenters.